The number of carbonyl (C=O) groups excluding carboxylic acids is 2. The van der Waals surface area contributed by atoms with Crippen LogP contribution in [0.2, 0.25) is 0 Å². The zero-order valence-corrected chi connectivity index (χ0v) is 12.0. The van der Waals surface area contributed by atoms with Crippen LogP contribution in [0.1, 0.15) is 20.7 Å². The summed E-state index contributed by atoms with van der Waals surface area (Å²) in [5, 5.41) is 2.63. The third kappa shape index (κ3) is 2.97. The number of rotatable bonds is 3. The van der Waals surface area contributed by atoms with Gasteiger partial charge in [0.1, 0.15) is 0 Å². The minimum Gasteiger partial charge on any atom is -0.398 e. The third-order valence-electron chi connectivity index (χ3n) is 2.70. The number of primary amides is 1. The fourth-order valence-corrected chi connectivity index (χ4v) is 2.12. The number of carbonyl (C=O) groups is 2. The highest BCUT2D eigenvalue weighted by atomic mass is 79.9. The van der Waals surface area contributed by atoms with Gasteiger partial charge in [0, 0.05) is 10.2 Å². The van der Waals surface area contributed by atoms with E-state index in [2.05, 4.69) is 21.2 Å². The number of halogens is 1. The second kappa shape index (κ2) is 5.75. The first-order valence-electron chi connectivity index (χ1n) is 5.74. The summed E-state index contributed by atoms with van der Waals surface area (Å²) in [4.78, 5) is 23.5. The Labute approximate surface area is 124 Å². The number of nitrogens with two attached hydrogens (primary N) is 2. The van der Waals surface area contributed by atoms with Crippen molar-refractivity contribution in [2.24, 2.45) is 5.73 Å². The fourth-order valence-electron chi connectivity index (χ4n) is 1.74. The largest absolute Gasteiger partial charge is 0.398 e. The van der Waals surface area contributed by atoms with Gasteiger partial charge in [-0.2, -0.15) is 0 Å². The highest BCUT2D eigenvalue weighted by Gasteiger charge is 2.13. The number of para-hydroxylation sites is 1. The van der Waals surface area contributed by atoms with Gasteiger partial charge in [-0.1, -0.05) is 28.1 Å². The van der Waals surface area contributed by atoms with Crippen LogP contribution in [0.3, 0.4) is 0 Å². The second-order valence-electron chi connectivity index (χ2n) is 4.10. The fraction of sp³-hybridized carbons (Fsp3) is 0. The van der Waals surface area contributed by atoms with Crippen molar-refractivity contribution in [2.45, 2.75) is 0 Å². The molecule has 0 fully saturated rings. The van der Waals surface area contributed by atoms with Crippen LogP contribution < -0.4 is 16.8 Å². The Bertz CT molecular complexity index is 686. The summed E-state index contributed by atoms with van der Waals surface area (Å²) in [6.07, 6.45) is 0. The molecule has 0 radical (unpaired) electrons. The monoisotopic (exact) mass is 333 g/mol. The summed E-state index contributed by atoms with van der Waals surface area (Å²) >= 11 is 3.27. The van der Waals surface area contributed by atoms with E-state index in [-0.39, 0.29) is 5.56 Å². The van der Waals surface area contributed by atoms with Gasteiger partial charge >= 0.3 is 0 Å². The van der Waals surface area contributed by atoms with Gasteiger partial charge in [-0.15, -0.1) is 0 Å². The van der Waals surface area contributed by atoms with E-state index in [0.717, 1.165) is 4.47 Å². The predicted molar refractivity (Wildman–Crippen MR) is 81.5 cm³/mol. The molecule has 0 unspecified atom stereocenters. The Balaban J connectivity index is 2.30. The number of nitrogen functional groups attached to an aromatic ring is 1. The first kappa shape index (κ1) is 14.1. The van der Waals surface area contributed by atoms with Crippen molar-refractivity contribution >= 4 is 39.1 Å². The van der Waals surface area contributed by atoms with Crippen LogP contribution in [0.4, 0.5) is 11.4 Å². The van der Waals surface area contributed by atoms with E-state index in [1.807, 2.05) is 0 Å². The van der Waals surface area contributed by atoms with Crippen LogP contribution in [0.15, 0.2) is 46.9 Å². The lowest BCUT2D eigenvalue weighted by Gasteiger charge is -2.10. The molecule has 20 heavy (non-hydrogen) atoms. The van der Waals surface area contributed by atoms with Crippen LogP contribution in [0.25, 0.3) is 0 Å². The molecular formula is C14H12BrN3O2. The first-order chi connectivity index (χ1) is 9.49. The van der Waals surface area contributed by atoms with Gasteiger partial charge in [-0.25, -0.2) is 0 Å². The van der Waals surface area contributed by atoms with E-state index >= 15 is 0 Å². The van der Waals surface area contributed by atoms with E-state index < -0.39 is 11.8 Å². The van der Waals surface area contributed by atoms with Gasteiger partial charge in [-0.05, 0) is 30.3 Å². The summed E-state index contributed by atoms with van der Waals surface area (Å²) in [5.41, 5.74) is 12.3. The zero-order valence-electron chi connectivity index (χ0n) is 10.4. The smallest absolute Gasteiger partial charge is 0.257 e. The Hall–Kier alpha value is -2.34. The summed E-state index contributed by atoms with van der Waals surface area (Å²) < 4.78 is 0.782. The lowest BCUT2D eigenvalue weighted by atomic mass is 10.1. The standard InChI is InChI=1S/C14H12BrN3O2/c15-8-5-6-9(11(16)7-8)14(20)18-12-4-2-1-3-10(12)13(17)19/h1-7H,16H2,(H2,17,19)(H,18,20). The number of hydrogen-bond acceptors (Lipinski definition) is 3. The molecule has 5 nitrogen and oxygen atoms in total. The Morgan fingerprint density at radius 1 is 1.05 bits per heavy atom. The molecule has 0 aromatic heterocycles. The zero-order chi connectivity index (χ0) is 14.7. The topological polar surface area (TPSA) is 98.2 Å². The van der Waals surface area contributed by atoms with Crippen molar-refractivity contribution < 1.29 is 9.59 Å². The minimum absolute atomic E-state index is 0.247. The summed E-state index contributed by atoms with van der Waals surface area (Å²) in [7, 11) is 0. The average Bonchev–Trinajstić information content (AvgIpc) is 2.38. The van der Waals surface area contributed by atoms with Crippen molar-refractivity contribution in [3.63, 3.8) is 0 Å². The second-order valence-corrected chi connectivity index (χ2v) is 5.01. The molecule has 0 spiro atoms. The number of nitrogens with one attached hydrogen (secondary N) is 1. The van der Waals surface area contributed by atoms with Crippen LogP contribution in [-0.4, -0.2) is 11.8 Å². The molecule has 5 N–H and O–H groups in total. The lowest BCUT2D eigenvalue weighted by Crippen LogP contribution is -2.19. The molecule has 0 saturated heterocycles. The van der Waals surface area contributed by atoms with Crippen LogP contribution in [0.5, 0.6) is 0 Å². The maximum Gasteiger partial charge on any atom is 0.257 e. The molecule has 102 valence electrons. The van der Waals surface area contributed by atoms with Crippen LogP contribution in [-0.2, 0) is 0 Å². The molecular weight excluding hydrogens is 322 g/mol. The molecule has 2 rings (SSSR count). The molecule has 0 aliphatic rings. The van der Waals surface area contributed by atoms with Crippen molar-refractivity contribution in [3.05, 3.63) is 58.1 Å². The summed E-state index contributed by atoms with van der Waals surface area (Å²) in [5.74, 6) is -1.01. The van der Waals surface area contributed by atoms with Crippen molar-refractivity contribution in [1.82, 2.24) is 0 Å². The molecule has 2 aromatic rings. The van der Waals surface area contributed by atoms with Crippen molar-refractivity contribution in [2.75, 3.05) is 11.1 Å². The van der Waals surface area contributed by atoms with Crippen molar-refractivity contribution in [1.29, 1.82) is 0 Å². The van der Waals surface area contributed by atoms with Gasteiger partial charge in [0.15, 0.2) is 0 Å². The predicted octanol–water partition coefficient (Wildman–Crippen LogP) is 2.38. The SMILES string of the molecule is NC(=O)c1ccccc1NC(=O)c1ccc(Br)cc1N. The maximum absolute atomic E-state index is 12.2. The van der Waals surface area contributed by atoms with E-state index in [1.165, 1.54) is 0 Å². The highest BCUT2D eigenvalue weighted by Crippen LogP contribution is 2.21. The molecule has 0 heterocycles. The highest BCUT2D eigenvalue weighted by molar-refractivity contribution is 9.10. The van der Waals surface area contributed by atoms with E-state index in [1.54, 1.807) is 42.5 Å². The summed E-state index contributed by atoms with van der Waals surface area (Å²) in [6, 6.07) is 11.5. The molecule has 0 aliphatic carbocycles. The van der Waals surface area contributed by atoms with Crippen LogP contribution >= 0.6 is 15.9 Å². The summed E-state index contributed by atoms with van der Waals surface area (Å²) in [6.45, 7) is 0. The number of benzene rings is 2. The average molecular weight is 334 g/mol. The van der Waals surface area contributed by atoms with E-state index in [4.69, 9.17) is 11.5 Å². The first-order valence-corrected chi connectivity index (χ1v) is 6.53. The normalized spacial score (nSPS) is 10.1. The molecule has 6 heteroatoms. The molecule has 2 amide bonds. The van der Waals surface area contributed by atoms with Crippen molar-refractivity contribution in [3.8, 4) is 0 Å². The molecule has 2 aromatic carbocycles. The van der Waals surface area contributed by atoms with Gasteiger partial charge in [0.05, 0.1) is 16.8 Å². The van der Waals surface area contributed by atoms with Gasteiger partial charge in [0.25, 0.3) is 11.8 Å². The lowest BCUT2D eigenvalue weighted by molar-refractivity contribution is 0.100. The van der Waals surface area contributed by atoms with Gasteiger partial charge < -0.3 is 16.8 Å². The molecule has 0 saturated carbocycles. The number of hydrogen-bond donors (Lipinski definition) is 3. The molecule has 0 aliphatic heterocycles. The van der Waals surface area contributed by atoms with Crippen LogP contribution in [0, 0.1) is 0 Å². The Kier molecular flexibility index (Phi) is 4.05. The third-order valence-corrected chi connectivity index (χ3v) is 3.19. The van der Waals surface area contributed by atoms with Gasteiger partial charge in [-0.3, -0.25) is 9.59 Å². The van der Waals surface area contributed by atoms with E-state index in [0.29, 0.717) is 16.9 Å². The number of amides is 2. The quantitative estimate of drug-likeness (QED) is 0.752. The Morgan fingerprint density at radius 3 is 2.40 bits per heavy atom. The van der Waals surface area contributed by atoms with Gasteiger partial charge in [0.2, 0.25) is 0 Å². The number of anilines is 2. The maximum atomic E-state index is 12.2. The van der Waals surface area contributed by atoms with E-state index in [9.17, 15) is 9.59 Å². The Morgan fingerprint density at radius 2 is 1.75 bits per heavy atom. The molecule has 0 bridgehead atoms. The molecule has 0 atom stereocenters. The minimum atomic E-state index is -0.607.